The molecule has 8 heteroatoms. The average Bonchev–Trinajstić information content (AvgIpc) is 3.09. The van der Waals surface area contributed by atoms with Gasteiger partial charge in [0.1, 0.15) is 17.9 Å². The van der Waals surface area contributed by atoms with Crippen molar-refractivity contribution in [2.24, 2.45) is 0 Å². The zero-order chi connectivity index (χ0) is 23.1. The van der Waals surface area contributed by atoms with Crippen LogP contribution < -0.4 is 0 Å². The molecule has 2 aliphatic heterocycles. The van der Waals surface area contributed by atoms with Gasteiger partial charge in [-0.2, -0.15) is 0 Å². The molecule has 168 valence electrons. The largest absolute Gasteiger partial charge is 0.505 e. The van der Waals surface area contributed by atoms with Crippen LogP contribution in [0, 0.1) is 5.82 Å². The topological polar surface area (TPSA) is 82.8 Å². The van der Waals surface area contributed by atoms with Crippen LogP contribution in [0.5, 0.6) is 5.75 Å². The van der Waals surface area contributed by atoms with Gasteiger partial charge >= 0.3 is 0 Å². The summed E-state index contributed by atoms with van der Waals surface area (Å²) in [6.45, 7) is 0.729. The number of aromatic nitrogens is 1. The molecular formula is C25H22FN3O4. The van der Waals surface area contributed by atoms with Crippen LogP contribution in [0.3, 0.4) is 0 Å². The lowest BCUT2D eigenvalue weighted by Crippen LogP contribution is -2.46. The number of carbonyl (C=O) groups is 3. The van der Waals surface area contributed by atoms with E-state index in [4.69, 9.17) is 0 Å². The van der Waals surface area contributed by atoms with Gasteiger partial charge in [-0.1, -0.05) is 42.5 Å². The predicted octanol–water partition coefficient (Wildman–Crippen LogP) is 2.76. The molecule has 0 unspecified atom stereocenters. The Bertz CT molecular complexity index is 1250. The molecule has 0 saturated heterocycles. The maximum absolute atomic E-state index is 13.2. The molecular weight excluding hydrogens is 425 g/mol. The van der Waals surface area contributed by atoms with Crippen LogP contribution in [0.15, 0.2) is 54.6 Å². The Morgan fingerprint density at radius 1 is 0.909 bits per heavy atom. The molecule has 0 fully saturated rings. The third kappa shape index (κ3) is 3.67. The molecule has 0 radical (unpaired) electrons. The van der Waals surface area contributed by atoms with E-state index in [0.29, 0.717) is 25.1 Å². The number of benzene rings is 2. The molecule has 0 bridgehead atoms. The van der Waals surface area contributed by atoms with Crippen molar-refractivity contribution in [3.63, 3.8) is 0 Å². The molecule has 3 aromatic rings. The molecule has 1 N–H and O–H groups in total. The van der Waals surface area contributed by atoms with E-state index in [2.05, 4.69) is 0 Å². The zero-order valence-corrected chi connectivity index (χ0v) is 17.8. The number of hydrogen-bond acceptors (Lipinski definition) is 4. The van der Waals surface area contributed by atoms with Crippen LogP contribution in [-0.2, 0) is 30.7 Å². The van der Waals surface area contributed by atoms with Crippen molar-refractivity contribution in [2.75, 3.05) is 13.1 Å². The molecule has 2 aliphatic rings. The lowest BCUT2D eigenvalue weighted by atomic mass is 10.0. The maximum Gasteiger partial charge on any atom is 0.281 e. The van der Waals surface area contributed by atoms with Crippen LogP contribution in [-0.4, -0.2) is 50.3 Å². The standard InChI is InChI=1S/C25H22FN3O4/c26-18-8-6-17(7-9-18)14-27-12-11-19-21(24(27)32)23(31)22-25(33)28(20(30)15-29(19)22)13-10-16-4-2-1-3-5-16/h1-9,31H,10-15H2. The number of aromatic hydroxyl groups is 1. The quantitative estimate of drug-likeness (QED) is 0.610. The van der Waals surface area contributed by atoms with E-state index in [9.17, 15) is 23.9 Å². The highest BCUT2D eigenvalue weighted by Crippen LogP contribution is 2.37. The second-order valence-electron chi connectivity index (χ2n) is 8.29. The number of fused-ring (bicyclic) bond motifs is 3. The lowest BCUT2D eigenvalue weighted by Gasteiger charge is -2.29. The van der Waals surface area contributed by atoms with Crippen molar-refractivity contribution in [1.29, 1.82) is 0 Å². The van der Waals surface area contributed by atoms with Gasteiger partial charge in [0.2, 0.25) is 5.91 Å². The van der Waals surface area contributed by atoms with Gasteiger partial charge in [0.05, 0.1) is 0 Å². The number of nitrogens with zero attached hydrogens (tertiary/aromatic N) is 3. The van der Waals surface area contributed by atoms with Crippen LogP contribution in [0.1, 0.15) is 37.7 Å². The fourth-order valence-electron chi connectivity index (χ4n) is 4.56. The Morgan fingerprint density at radius 2 is 1.64 bits per heavy atom. The Labute approximate surface area is 189 Å². The molecule has 7 nitrogen and oxygen atoms in total. The van der Waals surface area contributed by atoms with E-state index in [0.717, 1.165) is 16.0 Å². The number of amides is 3. The third-order valence-corrected chi connectivity index (χ3v) is 6.26. The first-order valence-electron chi connectivity index (χ1n) is 10.8. The summed E-state index contributed by atoms with van der Waals surface area (Å²) in [7, 11) is 0. The summed E-state index contributed by atoms with van der Waals surface area (Å²) in [5.74, 6) is -2.09. The minimum Gasteiger partial charge on any atom is -0.505 e. The number of imide groups is 1. The number of halogens is 1. The fraction of sp³-hybridized carbons (Fsp3) is 0.240. The molecule has 5 rings (SSSR count). The minimum atomic E-state index is -0.591. The molecule has 3 amide bonds. The van der Waals surface area contributed by atoms with Crippen LogP contribution in [0.4, 0.5) is 4.39 Å². The van der Waals surface area contributed by atoms with E-state index in [1.165, 1.54) is 16.7 Å². The Hall–Kier alpha value is -3.94. The Kier molecular flexibility index (Phi) is 5.20. The van der Waals surface area contributed by atoms with Crippen LogP contribution >= 0.6 is 0 Å². The summed E-state index contributed by atoms with van der Waals surface area (Å²) in [6.07, 6.45) is 0.907. The van der Waals surface area contributed by atoms with E-state index in [1.54, 1.807) is 17.0 Å². The van der Waals surface area contributed by atoms with Crippen molar-refractivity contribution < 1.29 is 23.9 Å². The Balaban J connectivity index is 1.40. The summed E-state index contributed by atoms with van der Waals surface area (Å²) >= 11 is 0. The third-order valence-electron chi connectivity index (χ3n) is 6.26. The number of carbonyl (C=O) groups excluding carboxylic acids is 3. The van der Waals surface area contributed by atoms with Gasteiger partial charge < -0.3 is 14.6 Å². The van der Waals surface area contributed by atoms with Gasteiger partial charge in [0.25, 0.3) is 11.8 Å². The first-order valence-corrected chi connectivity index (χ1v) is 10.8. The first kappa shape index (κ1) is 20.9. The molecule has 0 spiro atoms. The molecule has 0 saturated carbocycles. The van der Waals surface area contributed by atoms with E-state index < -0.39 is 11.8 Å². The first-order chi connectivity index (χ1) is 15.9. The van der Waals surface area contributed by atoms with Gasteiger partial charge in [0.15, 0.2) is 11.4 Å². The molecule has 2 aromatic carbocycles. The van der Waals surface area contributed by atoms with Crippen LogP contribution in [0.25, 0.3) is 0 Å². The van der Waals surface area contributed by atoms with Gasteiger partial charge in [0, 0.05) is 31.7 Å². The minimum absolute atomic E-state index is 0.00959. The number of hydrogen-bond donors (Lipinski definition) is 1. The fourth-order valence-corrected chi connectivity index (χ4v) is 4.56. The molecule has 0 aliphatic carbocycles. The zero-order valence-electron chi connectivity index (χ0n) is 17.8. The van der Waals surface area contributed by atoms with E-state index >= 15 is 0 Å². The monoisotopic (exact) mass is 447 g/mol. The molecule has 0 atom stereocenters. The highest BCUT2D eigenvalue weighted by atomic mass is 19.1. The van der Waals surface area contributed by atoms with Crippen LogP contribution in [0.2, 0.25) is 0 Å². The smallest absolute Gasteiger partial charge is 0.281 e. The Morgan fingerprint density at radius 3 is 2.36 bits per heavy atom. The van der Waals surface area contributed by atoms with Crippen molar-refractivity contribution >= 4 is 17.7 Å². The number of rotatable bonds is 5. The highest BCUT2D eigenvalue weighted by Gasteiger charge is 2.41. The summed E-state index contributed by atoms with van der Waals surface area (Å²) in [6, 6.07) is 15.4. The second kappa shape index (κ2) is 8.20. The summed E-state index contributed by atoms with van der Waals surface area (Å²) in [4.78, 5) is 41.8. The molecule has 33 heavy (non-hydrogen) atoms. The highest BCUT2D eigenvalue weighted by molar-refractivity contribution is 6.11. The lowest BCUT2D eigenvalue weighted by molar-refractivity contribution is -0.130. The average molecular weight is 447 g/mol. The summed E-state index contributed by atoms with van der Waals surface area (Å²) < 4.78 is 14.7. The van der Waals surface area contributed by atoms with Gasteiger partial charge in [-0.3, -0.25) is 19.3 Å². The van der Waals surface area contributed by atoms with E-state index in [-0.39, 0.29) is 48.4 Å². The van der Waals surface area contributed by atoms with Crippen molar-refractivity contribution in [1.82, 2.24) is 14.4 Å². The summed E-state index contributed by atoms with van der Waals surface area (Å²) in [5, 5.41) is 10.9. The SMILES string of the molecule is O=C1c2c(O)c3n(c2CCN1Cc1ccc(F)cc1)CC(=O)N(CCc1ccccc1)C3=O. The molecule has 3 heterocycles. The van der Waals surface area contributed by atoms with Crippen molar-refractivity contribution in [2.45, 2.75) is 25.9 Å². The second-order valence-corrected chi connectivity index (χ2v) is 8.29. The van der Waals surface area contributed by atoms with Gasteiger partial charge in [-0.15, -0.1) is 0 Å². The maximum atomic E-state index is 13.2. The van der Waals surface area contributed by atoms with Gasteiger partial charge in [-0.05, 0) is 29.7 Å². The van der Waals surface area contributed by atoms with E-state index in [1.807, 2.05) is 30.3 Å². The predicted molar refractivity (Wildman–Crippen MR) is 117 cm³/mol. The van der Waals surface area contributed by atoms with Crippen molar-refractivity contribution in [3.05, 3.63) is 88.5 Å². The normalized spacial score (nSPS) is 15.6. The summed E-state index contributed by atoms with van der Waals surface area (Å²) in [5.41, 5.74) is 2.32. The van der Waals surface area contributed by atoms with Crippen molar-refractivity contribution in [3.8, 4) is 5.75 Å². The molecule has 1 aromatic heterocycles. The van der Waals surface area contributed by atoms with Gasteiger partial charge in [-0.25, -0.2) is 4.39 Å².